The number of anilines is 1. The molecule has 212 valence electrons. The number of rotatable bonds is 6. The van der Waals surface area contributed by atoms with Crippen LogP contribution in [0.3, 0.4) is 0 Å². The van der Waals surface area contributed by atoms with Crippen LogP contribution in [0.15, 0.2) is 36.7 Å². The molecule has 4 heterocycles. The largest absolute Gasteiger partial charge is 0.369 e. The third-order valence-electron chi connectivity index (χ3n) is 8.04. The van der Waals surface area contributed by atoms with Crippen molar-refractivity contribution in [2.45, 2.75) is 57.5 Å². The van der Waals surface area contributed by atoms with Crippen LogP contribution in [-0.2, 0) is 14.3 Å². The summed E-state index contributed by atoms with van der Waals surface area (Å²) >= 11 is 1.73. The van der Waals surface area contributed by atoms with E-state index in [1.807, 2.05) is 0 Å². The maximum absolute atomic E-state index is 13.4. The molecule has 0 bridgehead atoms. The molecule has 0 spiro atoms. The first-order valence-electron chi connectivity index (χ1n) is 13.6. The van der Waals surface area contributed by atoms with Gasteiger partial charge in [0.1, 0.15) is 0 Å². The number of fused-ring (bicyclic) bond motifs is 1. The third-order valence-corrected chi connectivity index (χ3v) is 9.24. The maximum atomic E-state index is 13.4. The number of methoxy groups -OCH3 is 1. The minimum atomic E-state index is -0.774. The van der Waals surface area contributed by atoms with Gasteiger partial charge >= 0.3 is 11.8 Å². The highest BCUT2D eigenvalue weighted by molar-refractivity contribution is 7.18. The average molecular weight is 565 g/mol. The van der Waals surface area contributed by atoms with Gasteiger partial charge in [-0.3, -0.25) is 24.3 Å². The molecule has 5 rings (SSSR count). The van der Waals surface area contributed by atoms with Crippen LogP contribution in [0, 0.1) is 5.92 Å². The molecule has 0 aliphatic carbocycles. The van der Waals surface area contributed by atoms with Gasteiger partial charge in [-0.25, -0.2) is 4.98 Å². The number of carbonyl (C=O) groups excluding carboxylic acids is 3. The van der Waals surface area contributed by atoms with Crippen LogP contribution in [0.25, 0.3) is 10.2 Å². The van der Waals surface area contributed by atoms with Gasteiger partial charge in [0.05, 0.1) is 45.4 Å². The van der Waals surface area contributed by atoms with Crippen molar-refractivity contribution < 1.29 is 19.1 Å². The number of amides is 3. The molecule has 10 nitrogen and oxygen atoms in total. The summed E-state index contributed by atoms with van der Waals surface area (Å²) in [4.78, 5) is 50.9. The number of nitrogens with one attached hydrogen (secondary N) is 1. The van der Waals surface area contributed by atoms with Crippen molar-refractivity contribution in [3.05, 3.63) is 52.8 Å². The normalized spacial score (nSPS) is 22.9. The first kappa shape index (κ1) is 28.1. The van der Waals surface area contributed by atoms with Gasteiger partial charge in [0.25, 0.3) is 0 Å². The van der Waals surface area contributed by atoms with Crippen LogP contribution < -0.4 is 11.1 Å². The molecule has 1 unspecified atom stereocenters. The topological polar surface area (TPSA) is 131 Å². The van der Waals surface area contributed by atoms with Gasteiger partial charge in [0.2, 0.25) is 5.91 Å². The molecular weight excluding hydrogens is 528 g/mol. The molecule has 3 aromatic rings. The van der Waals surface area contributed by atoms with Gasteiger partial charge in [-0.1, -0.05) is 13.0 Å². The fourth-order valence-electron chi connectivity index (χ4n) is 5.88. The Morgan fingerprint density at radius 1 is 1.18 bits per heavy atom. The maximum Gasteiger partial charge on any atom is 0.313 e. The lowest BCUT2D eigenvalue weighted by Gasteiger charge is -2.38. The van der Waals surface area contributed by atoms with Crippen molar-refractivity contribution in [3.8, 4) is 0 Å². The van der Waals surface area contributed by atoms with E-state index >= 15 is 0 Å². The van der Waals surface area contributed by atoms with E-state index in [0.29, 0.717) is 19.2 Å². The van der Waals surface area contributed by atoms with Crippen LogP contribution in [0.1, 0.15) is 72.9 Å². The number of thiazole rings is 1. The molecule has 3 N–H and O–H groups in total. The molecule has 2 aliphatic rings. The van der Waals surface area contributed by atoms with E-state index in [-0.39, 0.29) is 28.7 Å². The number of aromatic nitrogens is 2. The van der Waals surface area contributed by atoms with Crippen molar-refractivity contribution >= 4 is 45.0 Å². The van der Waals surface area contributed by atoms with Crippen molar-refractivity contribution in [2.24, 2.45) is 11.7 Å². The fraction of sp³-hybridized carbons (Fsp3) is 0.483. The van der Waals surface area contributed by atoms with Gasteiger partial charge in [0, 0.05) is 37.9 Å². The number of hydrogen-bond acceptors (Lipinski definition) is 8. The zero-order valence-corrected chi connectivity index (χ0v) is 24.2. The zero-order chi connectivity index (χ0) is 28.6. The first-order chi connectivity index (χ1) is 19.1. The Hall–Kier alpha value is -3.41. The number of benzene rings is 1. The van der Waals surface area contributed by atoms with E-state index in [1.54, 1.807) is 23.3 Å². The van der Waals surface area contributed by atoms with Crippen molar-refractivity contribution in [2.75, 3.05) is 32.2 Å². The minimum absolute atomic E-state index is 0.0428. The van der Waals surface area contributed by atoms with Gasteiger partial charge in [-0.15, -0.1) is 11.3 Å². The predicted octanol–water partition coefficient (Wildman–Crippen LogP) is 3.90. The second-order valence-corrected chi connectivity index (χ2v) is 12.6. The highest BCUT2D eigenvalue weighted by Gasteiger charge is 2.40. The SMILES string of the molecule is COCN1CC(c2nc3cc([C@H]4CC[C@H](C)CN4C(=O)C(=O)Nc4cncc(C(N)=O)c4)ccc3s2)CC1(C)C. The van der Waals surface area contributed by atoms with Gasteiger partial charge in [-0.2, -0.15) is 0 Å². The van der Waals surface area contributed by atoms with Crippen LogP contribution >= 0.6 is 11.3 Å². The number of piperidine rings is 1. The van der Waals surface area contributed by atoms with Gasteiger partial charge in [-0.05, 0) is 62.8 Å². The molecule has 2 saturated heterocycles. The van der Waals surface area contributed by atoms with E-state index in [9.17, 15) is 14.4 Å². The lowest BCUT2D eigenvalue weighted by Crippen LogP contribution is -2.46. The Bertz CT molecular complexity index is 1440. The number of ether oxygens (including phenoxy) is 1. The van der Waals surface area contributed by atoms with Crippen molar-refractivity contribution in [1.82, 2.24) is 19.8 Å². The minimum Gasteiger partial charge on any atom is -0.369 e. The second kappa shape index (κ2) is 11.2. The summed E-state index contributed by atoms with van der Waals surface area (Å²) in [6.07, 6.45) is 5.41. The molecule has 3 amide bonds. The van der Waals surface area contributed by atoms with E-state index < -0.39 is 17.7 Å². The number of nitrogens with two attached hydrogens (primary N) is 1. The van der Waals surface area contributed by atoms with Gasteiger partial charge < -0.3 is 20.7 Å². The highest BCUT2D eigenvalue weighted by atomic mass is 32.1. The fourth-order valence-corrected chi connectivity index (χ4v) is 6.92. The van der Waals surface area contributed by atoms with Crippen LogP contribution in [0.5, 0.6) is 0 Å². The summed E-state index contributed by atoms with van der Waals surface area (Å²) in [5.74, 6) is -1.45. The third kappa shape index (κ3) is 5.72. The molecule has 11 heteroatoms. The molecule has 2 aliphatic heterocycles. The molecular formula is C29H36N6O4S. The molecule has 1 aromatic carbocycles. The lowest BCUT2D eigenvalue weighted by atomic mass is 9.89. The summed E-state index contributed by atoms with van der Waals surface area (Å²) in [6.45, 7) is 8.55. The molecule has 3 atom stereocenters. The Labute approximate surface area is 237 Å². The number of carbonyl (C=O) groups is 3. The van der Waals surface area contributed by atoms with Crippen LogP contribution in [0.4, 0.5) is 5.69 Å². The summed E-state index contributed by atoms with van der Waals surface area (Å²) < 4.78 is 6.53. The molecule has 40 heavy (non-hydrogen) atoms. The van der Waals surface area contributed by atoms with E-state index in [4.69, 9.17) is 15.5 Å². The number of likely N-dealkylation sites (tertiary alicyclic amines) is 2. The van der Waals surface area contributed by atoms with E-state index in [1.165, 1.54) is 18.5 Å². The van der Waals surface area contributed by atoms with Crippen molar-refractivity contribution in [1.29, 1.82) is 0 Å². The van der Waals surface area contributed by atoms with Crippen LogP contribution in [0.2, 0.25) is 0 Å². The van der Waals surface area contributed by atoms with E-state index in [0.717, 1.165) is 46.6 Å². The molecule has 0 saturated carbocycles. The summed E-state index contributed by atoms with van der Waals surface area (Å²) in [5, 5.41) is 3.70. The molecule has 2 fully saturated rings. The lowest BCUT2D eigenvalue weighted by molar-refractivity contribution is -0.146. The number of pyridine rings is 1. The Kier molecular flexibility index (Phi) is 7.89. The average Bonchev–Trinajstić information content (AvgIpc) is 3.48. The Morgan fingerprint density at radius 2 is 1.98 bits per heavy atom. The molecule has 0 radical (unpaired) electrons. The number of nitrogens with zero attached hydrogens (tertiary/aromatic N) is 4. The van der Waals surface area contributed by atoms with E-state index in [2.05, 4.69) is 54.2 Å². The number of primary amides is 1. The highest BCUT2D eigenvalue weighted by Crippen LogP contribution is 2.42. The Balaban J connectivity index is 1.36. The summed E-state index contributed by atoms with van der Waals surface area (Å²) in [6, 6.07) is 7.38. The number of hydrogen-bond donors (Lipinski definition) is 2. The zero-order valence-electron chi connectivity index (χ0n) is 23.3. The summed E-state index contributed by atoms with van der Waals surface area (Å²) in [5.41, 5.74) is 7.65. The first-order valence-corrected chi connectivity index (χ1v) is 14.4. The van der Waals surface area contributed by atoms with Crippen molar-refractivity contribution in [3.63, 3.8) is 0 Å². The quantitative estimate of drug-likeness (QED) is 0.434. The van der Waals surface area contributed by atoms with Crippen LogP contribution in [-0.4, -0.2) is 70.0 Å². The molecule has 2 aromatic heterocycles. The predicted molar refractivity (Wildman–Crippen MR) is 154 cm³/mol. The Morgan fingerprint density at radius 3 is 2.73 bits per heavy atom. The monoisotopic (exact) mass is 564 g/mol. The summed E-state index contributed by atoms with van der Waals surface area (Å²) in [7, 11) is 1.73. The smallest absolute Gasteiger partial charge is 0.313 e. The second-order valence-electron chi connectivity index (χ2n) is 11.6. The standard InChI is InChI=1S/C29H36N6O4S/c1-17-5-7-23(35(14-17)28(38)26(37)32-21-9-19(25(30)36)12-31-13-21)18-6-8-24-22(10-18)33-27(40-24)20-11-29(2,3)34(15-20)16-39-4/h6,8-10,12-13,17,20,23H,5,7,11,14-16H2,1-4H3,(H2,30,36)(H,32,37)/t17-,20?,23+/m0/s1. The van der Waals surface area contributed by atoms with Gasteiger partial charge in [0.15, 0.2) is 0 Å².